The van der Waals surface area contributed by atoms with Crippen LogP contribution in [-0.4, -0.2) is 70.2 Å². The number of amides is 1. The topological polar surface area (TPSA) is 135 Å². The molecule has 0 unspecified atom stereocenters. The van der Waals surface area contributed by atoms with Gasteiger partial charge in [-0.2, -0.15) is 0 Å². The van der Waals surface area contributed by atoms with E-state index in [9.17, 15) is 9.18 Å². The number of pyridine rings is 1. The zero-order valence-electron chi connectivity index (χ0n) is 19.2. The maximum atomic E-state index is 14.7. The lowest BCUT2D eigenvalue weighted by atomic mass is 10.1. The van der Waals surface area contributed by atoms with Crippen LogP contribution in [0.2, 0.25) is 0 Å². The van der Waals surface area contributed by atoms with Crippen LogP contribution in [-0.2, 0) is 4.74 Å². The van der Waals surface area contributed by atoms with E-state index in [1.165, 1.54) is 12.6 Å². The number of carbonyl (C=O) groups excluding carboxylic acids is 1. The maximum Gasteiger partial charge on any atom is 0.279 e. The van der Waals surface area contributed by atoms with Gasteiger partial charge in [0.25, 0.3) is 5.91 Å². The molecule has 0 radical (unpaired) electrons. The Morgan fingerprint density at radius 2 is 1.80 bits per heavy atom. The van der Waals surface area contributed by atoms with Crippen LogP contribution in [0.3, 0.4) is 0 Å². The van der Waals surface area contributed by atoms with Crippen LogP contribution in [0, 0.1) is 5.82 Å². The maximum absolute atomic E-state index is 14.7. The average molecular weight is 480 g/mol. The van der Waals surface area contributed by atoms with Gasteiger partial charge in [0.15, 0.2) is 23.1 Å². The van der Waals surface area contributed by atoms with E-state index in [2.05, 4.69) is 35.1 Å². The zero-order valence-corrected chi connectivity index (χ0v) is 19.2. The molecule has 2 aliphatic heterocycles. The summed E-state index contributed by atoms with van der Waals surface area (Å²) in [7, 11) is 0. The largest absolute Gasteiger partial charge is 0.382 e. The molecular formula is C23H26FN9O2. The number of ether oxygens (including phenoxy) is 1. The summed E-state index contributed by atoms with van der Waals surface area (Å²) in [6.07, 6.45) is 7.34. The lowest BCUT2D eigenvalue weighted by Gasteiger charge is -2.29. The second-order valence-electron chi connectivity index (χ2n) is 8.33. The smallest absolute Gasteiger partial charge is 0.279 e. The fourth-order valence-corrected chi connectivity index (χ4v) is 4.18. The summed E-state index contributed by atoms with van der Waals surface area (Å²) in [6, 6.07) is 3.75. The number of hydrogen-bond acceptors (Lipinski definition) is 10. The van der Waals surface area contributed by atoms with E-state index in [0.717, 1.165) is 37.8 Å². The first-order chi connectivity index (χ1) is 17.1. The molecule has 5 heterocycles. The van der Waals surface area contributed by atoms with Crippen molar-refractivity contribution in [1.82, 2.24) is 24.9 Å². The van der Waals surface area contributed by atoms with Crippen molar-refractivity contribution in [1.29, 1.82) is 0 Å². The molecule has 12 heteroatoms. The molecule has 2 aliphatic rings. The SMILES string of the molecule is Nc1ncc(-c2nc(N3CCOCC3)ncc2F)nc1C(=O)Nc1ncccc1N1CCCCC1. The molecule has 3 N–H and O–H groups in total. The van der Waals surface area contributed by atoms with Crippen LogP contribution < -0.4 is 20.9 Å². The van der Waals surface area contributed by atoms with E-state index < -0.39 is 11.7 Å². The average Bonchev–Trinajstić information content (AvgIpc) is 2.90. The van der Waals surface area contributed by atoms with Crippen LogP contribution in [0.25, 0.3) is 11.4 Å². The van der Waals surface area contributed by atoms with Gasteiger partial charge in [0.05, 0.1) is 31.3 Å². The van der Waals surface area contributed by atoms with Crippen molar-refractivity contribution in [2.75, 3.05) is 60.2 Å². The number of halogens is 1. The molecule has 0 aliphatic carbocycles. The minimum Gasteiger partial charge on any atom is -0.382 e. The molecule has 1 amide bonds. The van der Waals surface area contributed by atoms with Crippen LogP contribution in [0.5, 0.6) is 0 Å². The summed E-state index contributed by atoms with van der Waals surface area (Å²) in [6.45, 7) is 4.05. The highest BCUT2D eigenvalue weighted by molar-refractivity contribution is 6.06. The van der Waals surface area contributed by atoms with Gasteiger partial charge < -0.3 is 25.6 Å². The van der Waals surface area contributed by atoms with Crippen molar-refractivity contribution in [2.24, 2.45) is 0 Å². The highest BCUT2D eigenvalue weighted by Crippen LogP contribution is 2.27. The van der Waals surface area contributed by atoms with Crippen molar-refractivity contribution in [3.63, 3.8) is 0 Å². The molecule has 182 valence electrons. The molecular weight excluding hydrogens is 453 g/mol. The second kappa shape index (κ2) is 10.1. The first-order valence-electron chi connectivity index (χ1n) is 11.6. The highest BCUT2D eigenvalue weighted by Gasteiger charge is 2.22. The molecule has 3 aromatic heterocycles. The first-order valence-corrected chi connectivity index (χ1v) is 11.6. The van der Waals surface area contributed by atoms with Gasteiger partial charge in [-0.1, -0.05) is 0 Å². The molecule has 3 aromatic rings. The summed E-state index contributed by atoms with van der Waals surface area (Å²) in [5.74, 6) is -0.575. The summed E-state index contributed by atoms with van der Waals surface area (Å²) in [4.78, 5) is 38.4. The third kappa shape index (κ3) is 4.97. The molecule has 0 spiro atoms. The Morgan fingerprint density at radius 1 is 1.00 bits per heavy atom. The summed E-state index contributed by atoms with van der Waals surface area (Å²) in [5, 5.41) is 2.80. The number of nitrogens with zero attached hydrogens (tertiary/aromatic N) is 7. The standard InChI is InChI=1S/C23H26FN9O2/c24-15-13-28-23(33-9-11-35-12-10-33)30-18(15)16-14-27-20(25)19(29-16)22(34)31-21-17(5-4-6-26-21)32-7-2-1-3-8-32/h4-6,13-14H,1-3,7-12H2,(H2,25,27)(H,26,31,34). The number of nitrogens with two attached hydrogens (primary N) is 1. The van der Waals surface area contributed by atoms with Gasteiger partial charge in [0.2, 0.25) is 5.95 Å². The number of rotatable bonds is 5. The molecule has 0 aromatic carbocycles. The molecule has 5 rings (SSSR count). The lowest BCUT2D eigenvalue weighted by molar-refractivity contribution is 0.102. The predicted octanol–water partition coefficient (Wildman–Crippen LogP) is 2.13. The predicted molar refractivity (Wildman–Crippen MR) is 129 cm³/mol. The van der Waals surface area contributed by atoms with Crippen molar-refractivity contribution >= 4 is 29.2 Å². The Morgan fingerprint density at radius 3 is 2.60 bits per heavy atom. The number of nitrogens with one attached hydrogen (secondary N) is 1. The summed E-state index contributed by atoms with van der Waals surface area (Å²) >= 11 is 0. The Hall–Kier alpha value is -3.93. The Kier molecular flexibility index (Phi) is 6.62. The van der Waals surface area contributed by atoms with E-state index in [1.807, 2.05) is 17.0 Å². The molecule has 0 atom stereocenters. The minimum atomic E-state index is -0.676. The Balaban J connectivity index is 1.42. The molecule has 35 heavy (non-hydrogen) atoms. The molecule has 11 nitrogen and oxygen atoms in total. The van der Waals surface area contributed by atoms with Gasteiger partial charge in [0, 0.05) is 32.4 Å². The van der Waals surface area contributed by atoms with Gasteiger partial charge in [-0.25, -0.2) is 29.3 Å². The fourth-order valence-electron chi connectivity index (χ4n) is 4.18. The Bertz CT molecular complexity index is 1210. The normalized spacial score (nSPS) is 16.3. The van der Waals surface area contributed by atoms with Crippen molar-refractivity contribution in [2.45, 2.75) is 19.3 Å². The van der Waals surface area contributed by atoms with E-state index in [-0.39, 0.29) is 22.9 Å². The van der Waals surface area contributed by atoms with Gasteiger partial charge >= 0.3 is 0 Å². The van der Waals surface area contributed by atoms with Crippen molar-refractivity contribution in [3.8, 4) is 11.4 Å². The number of morpholine rings is 1. The minimum absolute atomic E-state index is 0.0603. The van der Waals surface area contributed by atoms with Gasteiger partial charge in [-0.3, -0.25) is 4.79 Å². The van der Waals surface area contributed by atoms with Gasteiger partial charge in [-0.15, -0.1) is 0 Å². The van der Waals surface area contributed by atoms with Crippen molar-refractivity contribution < 1.29 is 13.9 Å². The van der Waals surface area contributed by atoms with Crippen LogP contribution in [0.1, 0.15) is 29.8 Å². The molecule has 2 fully saturated rings. The van der Waals surface area contributed by atoms with E-state index >= 15 is 0 Å². The fraction of sp³-hybridized carbons (Fsp3) is 0.391. The van der Waals surface area contributed by atoms with Gasteiger partial charge in [-0.05, 0) is 31.4 Å². The summed E-state index contributed by atoms with van der Waals surface area (Å²) < 4.78 is 20.0. The molecule has 0 bridgehead atoms. The highest BCUT2D eigenvalue weighted by atomic mass is 19.1. The number of nitrogen functional groups attached to an aromatic ring is 1. The lowest BCUT2D eigenvalue weighted by Crippen LogP contribution is -2.37. The number of aromatic nitrogens is 5. The second-order valence-corrected chi connectivity index (χ2v) is 8.33. The van der Waals surface area contributed by atoms with E-state index in [4.69, 9.17) is 10.5 Å². The third-order valence-electron chi connectivity index (χ3n) is 6.00. The van der Waals surface area contributed by atoms with Crippen LogP contribution in [0.4, 0.5) is 27.7 Å². The van der Waals surface area contributed by atoms with Crippen LogP contribution >= 0.6 is 0 Å². The molecule has 0 saturated carbocycles. The third-order valence-corrected chi connectivity index (χ3v) is 6.00. The number of hydrogen-bond donors (Lipinski definition) is 2. The van der Waals surface area contributed by atoms with E-state index in [1.54, 1.807) is 6.20 Å². The first kappa shape index (κ1) is 22.8. The zero-order chi connectivity index (χ0) is 24.2. The molecule has 2 saturated heterocycles. The summed E-state index contributed by atoms with van der Waals surface area (Å²) in [5.41, 5.74) is 6.69. The van der Waals surface area contributed by atoms with Crippen molar-refractivity contribution in [3.05, 3.63) is 42.2 Å². The quantitative estimate of drug-likeness (QED) is 0.560. The van der Waals surface area contributed by atoms with Gasteiger partial charge in [0.1, 0.15) is 11.4 Å². The Labute approximate surface area is 201 Å². The number of carbonyl (C=O) groups is 1. The van der Waals surface area contributed by atoms with E-state index in [0.29, 0.717) is 38.1 Å². The number of piperidine rings is 1. The number of anilines is 4. The van der Waals surface area contributed by atoms with Crippen LogP contribution in [0.15, 0.2) is 30.7 Å². The monoisotopic (exact) mass is 479 g/mol.